The molecule has 1 N–H and O–H groups in total. The number of hydrogen-bond donors (Lipinski definition) is 1. The molecular formula is C18H21NS. The minimum absolute atomic E-state index is 0.432. The summed E-state index contributed by atoms with van der Waals surface area (Å²) in [7, 11) is 0. The third-order valence-electron chi connectivity index (χ3n) is 3.81. The van der Waals surface area contributed by atoms with Crippen molar-refractivity contribution in [1.29, 1.82) is 0 Å². The molecule has 1 atom stereocenters. The molecule has 0 saturated heterocycles. The smallest absolute Gasteiger partial charge is 0.0607 e. The fraction of sp³-hybridized carbons (Fsp3) is 0.333. The number of aryl methyl sites for hydroxylation is 1. The fourth-order valence-electron chi connectivity index (χ4n) is 2.76. The highest BCUT2D eigenvalue weighted by molar-refractivity contribution is 7.98. The predicted molar refractivity (Wildman–Crippen MR) is 89.4 cm³/mol. The van der Waals surface area contributed by atoms with E-state index in [0.29, 0.717) is 6.04 Å². The highest BCUT2D eigenvalue weighted by Crippen LogP contribution is 2.33. The summed E-state index contributed by atoms with van der Waals surface area (Å²) >= 11 is 2.01. The van der Waals surface area contributed by atoms with Crippen molar-refractivity contribution < 1.29 is 0 Å². The molecule has 2 aromatic carbocycles. The van der Waals surface area contributed by atoms with Crippen LogP contribution in [0, 0.1) is 0 Å². The zero-order chi connectivity index (χ0) is 13.8. The number of hydrogen-bond acceptors (Lipinski definition) is 2. The van der Waals surface area contributed by atoms with Crippen LogP contribution in [0.1, 0.15) is 36.1 Å². The Morgan fingerprint density at radius 2 is 1.90 bits per heavy atom. The minimum Gasteiger partial charge on any atom is -0.377 e. The quantitative estimate of drug-likeness (QED) is 0.843. The van der Waals surface area contributed by atoms with Crippen LogP contribution in [0.15, 0.2) is 48.5 Å². The van der Waals surface area contributed by atoms with Crippen molar-refractivity contribution in [2.75, 3.05) is 11.1 Å². The van der Waals surface area contributed by atoms with Crippen LogP contribution in [0.5, 0.6) is 0 Å². The van der Waals surface area contributed by atoms with Gasteiger partial charge in [0.15, 0.2) is 0 Å². The van der Waals surface area contributed by atoms with Gasteiger partial charge in [0.25, 0.3) is 0 Å². The van der Waals surface area contributed by atoms with Crippen molar-refractivity contribution in [3.8, 4) is 0 Å². The van der Waals surface area contributed by atoms with E-state index in [4.69, 9.17) is 0 Å². The molecular weight excluding hydrogens is 262 g/mol. The Bertz CT molecular complexity index is 562. The van der Waals surface area contributed by atoms with Crippen LogP contribution in [-0.4, -0.2) is 5.75 Å². The molecule has 2 heteroatoms. The maximum atomic E-state index is 3.69. The predicted octanol–water partition coefficient (Wildman–Crippen LogP) is 5.04. The largest absolute Gasteiger partial charge is 0.377 e. The highest BCUT2D eigenvalue weighted by atomic mass is 32.2. The van der Waals surface area contributed by atoms with Crippen LogP contribution >= 0.6 is 11.8 Å². The summed E-state index contributed by atoms with van der Waals surface area (Å²) in [4.78, 5) is 0. The second-order valence-electron chi connectivity index (χ2n) is 5.36. The SMILES string of the molecule is CCCc1ccc(NC2CSCc3ccccc32)cc1. The third kappa shape index (κ3) is 3.01. The lowest BCUT2D eigenvalue weighted by Crippen LogP contribution is -2.18. The van der Waals surface area contributed by atoms with Crippen molar-refractivity contribution in [3.05, 3.63) is 65.2 Å². The van der Waals surface area contributed by atoms with Crippen LogP contribution < -0.4 is 5.32 Å². The first-order chi connectivity index (χ1) is 9.86. The molecule has 0 spiro atoms. The molecule has 20 heavy (non-hydrogen) atoms. The maximum absolute atomic E-state index is 3.69. The second kappa shape index (κ2) is 6.36. The van der Waals surface area contributed by atoms with E-state index in [2.05, 4.69) is 60.8 Å². The second-order valence-corrected chi connectivity index (χ2v) is 6.39. The van der Waals surface area contributed by atoms with Gasteiger partial charge >= 0.3 is 0 Å². The number of benzene rings is 2. The van der Waals surface area contributed by atoms with Crippen LogP contribution in [0.3, 0.4) is 0 Å². The first-order valence-corrected chi connectivity index (χ1v) is 8.53. The van der Waals surface area contributed by atoms with E-state index in [-0.39, 0.29) is 0 Å². The number of thioether (sulfide) groups is 1. The van der Waals surface area contributed by atoms with Gasteiger partial charge in [-0.05, 0) is 35.2 Å². The lowest BCUT2D eigenvalue weighted by atomic mass is 10.0. The summed E-state index contributed by atoms with van der Waals surface area (Å²) < 4.78 is 0. The zero-order valence-corrected chi connectivity index (χ0v) is 12.7. The van der Waals surface area contributed by atoms with Gasteiger partial charge in [0.2, 0.25) is 0 Å². The van der Waals surface area contributed by atoms with E-state index < -0.39 is 0 Å². The number of fused-ring (bicyclic) bond motifs is 1. The van der Waals surface area contributed by atoms with Crippen molar-refractivity contribution in [2.45, 2.75) is 31.6 Å². The van der Waals surface area contributed by atoms with Gasteiger partial charge < -0.3 is 5.32 Å². The Balaban J connectivity index is 1.75. The van der Waals surface area contributed by atoms with E-state index in [1.165, 1.54) is 35.2 Å². The molecule has 1 aliphatic rings. The van der Waals surface area contributed by atoms with Crippen LogP contribution in [0.4, 0.5) is 5.69 Å². The van der Waals surface area contributed by atoms with Crippen LogP contribution in [-0.2, 0) is 12.2 Å². The molecule has 0 radical (unpaired) electrons. The van der Waals surface area contributed by atoms with Crippen LogP contribution in [0.2, 0.25) is 0 Å². The molecule has 0 saturated carbocycles. The summed E-state index contributed by atoms with van der Waals surface area (Å²) in [5.74, 6) is 2.29. The fourth-order valence-corrected chi connectivity index (χ4v) is 3.86. The summed E-state index contributed by atoms with van der Waals surface area (Å²) in [5, 5.41) is 3.69. The Hall–Kier alpha value is -1.41. The average Bonchev–Trinajstić information content (AvgIpc) is 2.50. The molecule has 0 fully saturated rings. The van der Waals surface area contributed by atoms with Gasteiger partial charge in [-0.15, -0.1) is 0 Å². The molecule has 1 heterocycles. The highest BCUT2D eigenvalue weighted by Gasteiger charge is 2.19. The maximum Gasteiger partial charge on any atom is 0.0607 e. The Morgan fingerprint density at radius 3 is 2.70 bits per heavy atom. The summed E-state index contributed by atoms with van der Waals surface area (Å²) in [6.07, 6.45) is 2.38. The van der Waals surface area contributed by atoms with Crippen molar-refractivity contribution >= 4 is 17.4 Å². The first kappa shape index (κ1) is 13.6. The Kier molecular flexibility index (Phi) is 4.31. The molecule has 1 unspecified atom stereocenters. The van der Waals surface area contributed by atoms with Gasteiger partial charge in [-0.3, -0.25) is 0 Å². The van der Waals surface area contributed by atoms with Gasteiger partial charge in [-0.25, -0.2) is 0 Å². The molecule has 0 aromatic heterocycles. The molecule has 0 aliphatic carbocycles. The molecule has 104 valence electrons. The number of anilines is 1. The molecule has 3 rings (SSSR count). The Morgan fingerprint density at radius 1 is 1.10 bits per heavy atom. The van der Waals surface area contributed by atoms with E-state index in [1.54, 1.807) is 0 Å². The lowest BCUT2D eigenvalue weighted by Gasteiger charge is -2.27. The monoisotopic (exact) mass is 283 g/mol. The molecule has 1 nitrogen and oxygen atoms in total. The topological polar surface area (TPSA) is 12.0 Å². The summed E-state index contributed by atoms with van der Waals surface area (Å²) in [6, 6.07) is 18.1. The standard InChI is InChI=1S/C18H21NS/c1-2-5-14-8-10-16(11-9-14)19-18-13-20-12-15-6-3-4-7-17(15)18/h3-4,6-11,18-19H,2,5,12-13H2,1H3. The van der Waals surface area contributed by atoms with Gasteiger partial charge in [0, 0.05) is 17.2 Å². The first-order valence-electron chi connectivity index (χ1n) is 7.38. The van der Waals surface area contributed by atoms with Gasteiger partial charge in [-0.2, -0.15) is 11.8 Å². The normalized spacial score (nSPS) is 17.6. The average molecular weight is 283 g/mol. The van der Waals surface area contributed by atoms with Gasteiger partial charge in [0.05, 0.1) is 6.04 Å². The van der Waals surface area contributed by atoms with E-state index >= 15 is 0 Å². The van der Waals surface area contributed by atoms with E-state index in [0.717, 1.165) is 11.5 Å². The van der Waals surface area contributed by atoms with Crippen molar-refractivity contribution in [3.63, 3.8) is 0 Å². The number of nitrogens with one attached hydrogen (secondary N) is 1. The summed E-state index contributed by atoms with van der Waals surface area (Å²) in [6.45, 7) is 2.22. The lowest BCUT2D eigenvalue weighted by molar-refractivity contribution is 0.870. The molecule has 2 aromatic rings. The Labute approximate surface area is 125 Å². The van der Waals surface area contributed by atoms with Crippen molar-refractivity contribution in [1.82, 2.24) is 0 Å². The zero-order valence-electron chi connectivity index (χ0n) is 11.9. The van der Waals surface area contributed by atoms with E-state index in [9.17, 15) is 0 Å². The van der Waals surface area contributed by atoms with E-state index in [1.807, 2.05) is 11.8 Å². The molecule has 0 bridgehead atoms. The van der Waals surface area contributed by atoms with Crippen molar-refractivity contribution in [2.24, 2.45) is 0 Å². The molecule has 1 aliphatic heterocycles. The summed E-state index contributed by atoms with van der Waals surface area (Å²) in [5.41, 5.74) is 5.59. The van der Waals surface area contributed by atoms with Crippen LogP contribution in [0.25, 0.3) is 0 Å². The third-order valence-corrected chi connectivity index (χ3v) is 4.89. The minimum atomic E-state index is 0.432. The van der Waals surface area contributed by atoms with Gasteiger partial charge in [0.1, 0.15) is 0 Å². The van der Waals surface area contributed by atoms with Gasteiger partial charge in [-0.1, -0.05) is 49.7 Å². The molecule has 0 amide bonds. The number of rotatable bonds is 4.